The Bertz CT molecular complexity index is 512. The Hall–Kier alpha value is -2.44. The van der Waals surface area contributed by atoms with E-state index in [1.54, 1.807) is 0 Å². The molecule has 1 aromatic rings. The Balaban J connectivity index is 3.30. The van der Waals surface area contributed by atoms with Crippen LogP contribution >= 0.6 is 0 Å². The summed E-state index contributed by atoms with van der Waals surface area (Å²) in [6.45, 7) is 1.22. The van der Waals surface area contributed by atoms with Gasteiger partial charge in [-0.15, -0.1) is 0 Å². The largest absolute Gasteiger partial charge is 0.481 e. The second kappa shape index (κ2) is 4.82. The van der Waals surface area contributed by atoms with Crippen LogP contribution in [0, 0.1) is 10.1 Å². The third-order valence-electron chi connectivity index (χ3n) is 2.67. The van der Waals surface area contributed by atoms with E-state index in [2.05, 4.69) is 0 Å². The quantitative estimate of drug-likeness (QED) is 0.605. The fourth-order valence-electron chi connectivity index (χ4n) is 1.57. The highest BCUT2D eigenvalue weighted by atomic mass is 16.6. The predicted molar refractivity (Wildman–Crippen MR) is 60.3 cm³/mol. The maximum atomic E-state index is 11.2. The topological polar surface area (TPSA) is 118 Å². The van der Waals surface area contributed by atoms with Crippen molar-refractivity contribution in [3.05, 3.63) is 39.9 Å². The first kappa shape index (κ1) is 13.6. The summed E-state index contributed by atoms with van der Waals surface area (Å²) in [5.41, 5.74) is -1.88. The molecule has 7 nitrogen and oxygen atoms in total. The second-order valence-electron chi connectivity index (χ2n) is 4.02. The van der Waals surface area contributed by atoms with Crippen LogP contribution in [0.25, 0.3) is 0 Å². The van der Waals surface area contributed by atoms with Crippen molar-refractivity contribution < 1.29 is 24.7 Å². The molecule has 18 heavy (non-hydrogen) atoms. The van der Waals surface area contributed by atoms with E-state index in [1.165, 1.54) is 25.1 Å². The summed E-state index contributed by atoms with van der Waals surface area (Å²) in [5.74, 6) is -2.63. The standard InChI is InChI=1S/C11H11NO6/c1-11(10(15)16,6-9(13)14)7-3-2-4-8(5-7)12(17)18/h2-5H,6H2,1H3,(H,13,14)(H,15,16). The fourth-order valence-corrected chi connectivity index (χ4v) is 1.57. The molecule has 0 saturated carbocycles. The van der Waals surface area contributed by atoms with Gasteiger partial charge in [0.15, 0.2) is 0 Å². The Morgan fingerprint density at radius 1 is 1.39 bits per heavy atom. The van der Waals surface area contributed by atoms with Crippen molar-refractivity contribution in [3.8, 4) is 0 Å². The molecule has 0 aliphatic rings. The molecule has 0 heterocycles. The molecule has 96 valence electrons. The molecular formula is C11H11NO6. The summed E-state index contributed by atoms with van der Waals surface area (Å²) < 4.78 is 0. The van der Waals surface area contributed by atoms with Crippen LogP contribution in [0.5, 0.6) is 0 Å². The van der Waals surface area contributed by atoms with Crippen LogP contribution in [0.2, 0.25) is 0 Å². The van der Waals surface area contributed by atoms with Gasteiger partial charge in [0.25, 0.3) is 5.69 Å². The van der Waals surface area contributed by atoms with Crippen molar-refractivity contribution in [3.63, 3.8) is 0 Å². The Morgan fingerprint density at radius 3 is 2.44 bits per heavy atom. The number of non-ortho nitro benzene ring substituents is 1. The van der Waals surface area contributed by atoms with Gasteiger partial charge in [0.05, 0.1) is 11.3 Å². The average molecular weight is 253 g/mol. The third kappa shape index (κ3) is 2.62. The number of nitrogens with zero attached hydrogens (tertiary/aromatic N) is 1. The van der Waals surface area contributed by atoms with Crippen LogP contribution < -0.4 is 0 Å². The van der Waals surface area contributed by atoms with E-state index >= 15 is 0 Å². The summed E-state index contributed by atoms with van der Waals surface area (Å²) in [4.78, 5) is 31.9. The van der Waals surface area contributed by atoms with Gasteiger partial charge >= 0.3 is 11.9 Å². The molecule has 0 bridgehead atoms. The van der Waals surface area contributed by atoms with Crippen LogP contribution in [-0.4, -0.2) is 27.1 Å². The number of benzene rings is 1. The highest BCUT2D eigenvalue weighted by Crippen LogP contribution is 2.30. The smallest absolute Gasteiger partial charge is 0.314 e. The highest BCUT2D eigenvalue weighted by Gasteiger charge is 2.38. The van der Waals surface area contributed by atoms with E-state index in [4.69, 9.17) is 10.2 Å². The van der Waals surface area contributed by atoms with Crippen molar-refractivity contribution in [2.24, 2.45) is 0 Å². The van der Waals surface area contributed by atoms with E-state index < -0.39 is 28.7 Å². The van der Waals surface area contributed by atoms with Gasteiger partial charge in [-0.3, -0.25) is 19.7 Å². The average Bonchev–Trinajstić information content (AvgIpc) is 2.27. The zero-order valence-electron chi connectivity index (χ0n) is 9.49. The van der Waals surface area contributed by atoms with E-state index in [1.807, 2.05) is 0 Å². The number of hydrogen-bond acceptors (Lipinski definition) is 4. The molecular weight excluding hydrogens is 242 g/mol. The molecule has 2 N–H and O–H groups in total. The number of rotatable bonds is 5. The summed E-state index contributed by atoms with van der Waals surface area (Å²) in [5, 5.41) is 28.5. The van der Waals surface area contributed by atoms with Gasteiger partial charge in [-0.05, 0) is 12.5 Å². The molecule has 0 aliphatic heterocycles. The minimum atomic E-state index is -1.70. The lowest BCUT2D eigenvalue weighted by Gasteiger charge is -2.22. The van der Waals surface area contributed by atoms with E-state index in [0.29, 0.717) is 0 Å². The number of nitro benzene ring substituents is 1. The van der Waals surface area contributed by atoms with Crippen LogP contribution in [0.15, 0.2) is 24.3 Å². The van der Waals surface area contributed by atoms with Gasteiger partial charge in [-0.2, -0.15) is 0 Å². The SMILES string of the molecule is CC(CC(=O)O)(C(=O)O)c1cccc([N+](=O)[O-])c1. The predicted octanol–water partition coefficient (Wildman–Crippen LogP) is 1.41. The first-order valence-electron chi connectivity index (χ1n) is 4.97. The molecule has 1 atom stereocenters. The molecule has 0 aliphatic carbocycles. The molecule has 1 unspecified atom stereocenters. The molecule has 0 amide bonds. The maximum Gasteiger partial charge on any atom is 0.314 e. The van der Waals surface area contributed by atoms with Crippen LogP contribution in [0.1, 0.15) is 18.9 Å². The van der Waals surface area contributed by atoms with Crippen LogP contribution in [0.4, 0.5) is 5.69 Å². The van der Waals surface area contributed by atoms with Crippen LogP contribution in [-0.2, 0) is 15.0 Å². The number of aliphatic carboxylic acids is 2. The first-order valence-corrected chi connectivity index (χ1v) is 4.97. The van der Waals surface area contributed by atoms with Crippen molar-refractivity contribution >= 4 is 17.6 Å². The lowest BCUT2D eigenvalue weighted by molar-refractivity contribution is -0.385. The number of hydrogen-bond donors (Lipinski definition) is 2. The van der Waals surface area contributed by atoms with Gasteiger partial charge in [-0.1, -0.05) is 12.1 Å². The monoisotopic (exact) mass is 253 g/mol. The van der Waals surface area contributed by atoms with Crippen molar-refractivity contribution in [1.82, 2.24) is 0 Å². The van der Waals surface area contributed by atoms with Gasteiger partial charge in [0.2, 0.25) is 0 Å². The van der Waals surface area contributed by atoms with Gasteiger partial charge in [0, 0.05) is 12.1 Å². The zero-order chi connectivity index (χ0) is 13.9. The Kier molecular flexibility index (Phi) is 3.65. The van der Waals surface area contributed by atoms with Gasteiger partial charge in [0.1, 0.15) is 5.41 Å². The summed E-state index contributed by atoms with van der Waals surface area (Å²) in [6, 6.07) is 4.99. The molecule has 7 heteroatoms. The molecule has 0 radical (unpaired) electrons. The lowest BCUT2D eigenvalue weighted by Crippen LogP contribution is -2.35. The summed E-state index contributed by atoms with van der Waals surface area (Å²) >= 11 is 0. The fraction of sp³-hybridized carbons (Fsp3) is 0.273. The Morgan fingerprint density at radius 2 is 2.00 bits per heavy atom. The molecule has 1 rings (SSSR count). The minimum Gasteiger partial charge on any atom is -0.481 e. The number of carbonyl (C=O) groups is 2. The number of carboxylic acids is 2. The summed E-state index contributed by atoms with van der Waals surface area (Å²) in [6.07, 6.45) is -0.649. The zero-order valence-corrected chi connectivity index (χ0v) is 9.49. The molecule has 0 saturated heterocycles. The third-order valence-corrected chi connectivity index (χ3v) is 2.67. The molecule has 1 aromatic carbocycles. The first-order chi connectivity index (χ1) is 8.27. The second-order valence-corrected chi connectivity index (χ2v) is 4.02. The number of carboxylic acid groups (broad SMARTS) is 2. The minimum absolute atomic E-state index is 0.0894. The van der Waals surface area contributed by atoms with Gasteiger partial charge in [-0.25, -0.2) is 0 Å². The maximum absolute atomic E-state index is 11.2. The molecule has 0 spiro atoms. The van der Waals surface area contributed by atoms with E-state index in [9.17, 15) is 19.7 Å². The normalized spacial score (nSPS) is 13.6. The van der Waals surface area contributed by atoms with Crippen LogP contribution in [0.3, 0.4) is 0 Å². The highest BCUT2D eigenvalue weighted by molar-refractivity contribution is 5.86. The van der Waals surface area contributed by atoms with Crippen molar-refractivity contribution in [2.45, 2.75) is 18.8 Å². The molecule has 0 aromatic heterocycles. The number of nitro groups is 1. The molecule has 0 fully saturated rings. The van der Waals surface area contributed by atoms with Crippen molar-refractivity contribution in [2.75, 3.05) is 0 Å². The van der Waals surface area contributed by atoms with E-state index in [0.717, 1.165) is 6.07 Å². The Labute approximate surface area is 102 Å². The lowest BCUT2D eigenvalue weighted by atomic mass is 9.79. The summed E-state index contributed by atoms with van der Waals surface area (Å²) in [7, 11) is 0. The van der Waals surface area contributed by atoms with E-state index in [-0.39, 0.29) is 11.3 Å². The van der Waals surface area contributed by atoms with Gasteiger partial charge < -0.3 is 10.2 Å². The van der Waals surface area contributed by atoms with Crippen molar-refractivity contribution in [1.29, 1.82) is 0 Å².